The third kappa shape index (κ3) is 6.86. The second-order valence-electron chi connectivity index (χ2n) is 7.55. The number of benzene rings is 3. The second kappa shape index (κ2) is 11.7. The van der Waals surface area contributed by atoms with E-state index in [1.165, 1.54) is 37.4 Å². The molecule has 3 aromatic carbocycles. The number of hydrogen-bond acceptors (Lipinski definition) is 5. The van der Waals surface area contributed by atoms with Gasteiger partial charge in [-0.3, -0.25) is 4.79 Å². The molecule has 0 spiro atoms. The van der Waals surface area contributed by atoms with Gasteiger partial charge >= 0.3 is 0 Å². The molecule has 1 atom stereocenters. The van der Waals surface area contributed by atoms with Crippen LogP contribution in [-0.2, 0) is 21.2 Å². The maximum atomic E-state index is 13.3. The van der Waals surface area contributed by atoms with E-state index in [-0.39, 0.29) is 29.4 Å². The van der Waals surface area contributed by atoms with Crippen molar-refractivity contribution in [3.05, 3.63) is 95.3 Å². The highest BCUT2D eigenvalue weighted by Gasteiger charge is 2.20. The topological polar surface area (TPSA) is 93.7 Å². The Bertz CT molecular complexity index is 1200. The lowest BCUT2D eigenvalue weighted by atomic mass is 9.98. The monoisotopic (exact) mass is 486 g/mol. The van der Waals surface area contributed by atoms with Gasteiger partial charge in [-0.15, -0.1) is 0 Å². The van der Waals surface area contributed by atoms with Crippen molar-refractivity contribution in [3.63, 3.8) is 0 Å². The van der Waals surface area contributed by atoms with E-state index in [0.717, 1.165) is 11.1 Å². The molecular weight excluding hydrogens is 459 g/mol. The van der Waals surface area contributed by atoms with Gasteiger partial charge < -0.3 is 14.8 Å². The average Bonchev–Trinajstić information content (AvgIpc) is 2.85. The van der Waals surface area contributed by atoms with Crippen LogP contribution < -0.4 is 14.8 Å². The minimum absolute atomic E-state index is 0.0178. The van der Waals surface area contributed by atoms with Crippen molar-refractivity contribution in [2.45, 2.75) is 17.4 Å². The van der Waals surface area contributed by atoms with Crippen molar-refractivity contribution < 1.29 is 27.1 Å². The summed E-state index contributed by atoms with van der Waals surface area (Å²) >= 11 is 0. The van der Waals surface area contributed by atoms with Gasteiger partial charge in [0.1, 0.15) is 11.6 Å². The Morgan fingerprint density at radius 2 is 1.71 bits per heavy atom. The molecule has 0 bridgehead atoms. The molecule has 7 nitrogen and oxygen atoms in total. The van der Waals surface area contributed by atoms with Gasteiger partial charge in [-0.2, -0.15) is 0 Å². The zero-order valence-electron chi connectivity index (χ0n) is 19.0. The first-order valence-electron chi connectivity index (χ1n) is 10.6. The van der Waals surface area contributed by atoms with Crippen LogP contribution in [0.1, 0.15) is 27.5 Å². The maximum Gasteiger partial charge on any atom is 0.251 e. The van der Waals surface area contributed by atoms with E-state index >= 15 is 0 Å². The van der Waals surface area contributed by atoms with Gasteiger partial charge in [0, 0.05) is 19.2 Å². The third-order valence-electron chi connectivity index (χ3n) is 5.18. The van der Waals surface area contributed by atoms with Crippen LogP contribution in [0.4, 0.5) is 4.39 Å². The fourth-order valence-corrected chi connectivity index (χ4v) is 4.41. The molecule has 0 heterocycles. The Morgan fingerprint density at radius 1 is 1.00 bits per heavy atom. The summed E-state index contributed by atoms with van der Waals surface area (Å²) in [4.78, 5) is 13.1. The zero-order valence-corrected chi connectivity index (χ0v) is 19.8. The van der Waals surface area contributed by atoms with E-state index in [1.807, 2.05) is 12.1 Å². The Hall–Kier alpha value is -3.27. The van der Waals surface area contributed by atoms with Crippen LogP contribution in [-0.4, -0.2) is 41.7 Å². The lowest BCUT2D eigenvalue weighted by Crippen LogP contribution is -2.31. The molecule has 1 amide bonds. The van der Waals surface area contributed by atoms with Crippen LogP contribution in [0.3, 0.4) is 0 Å². The number of sulfonamides is 1. The van der Waals surface area contributed by atoms with E-state index in [1.54, 1.807) is 37.4 Å². The largest absolute Gasteiger partial charge is 0.497 e. The number of rotatable bonds is 11. The molecule has 0 aliphatic heterocycles. The van der Waals surface area contributed by atoms with Gasteiger partial charge in [-0.1, -0.05) is 30.3 Å². The third-order valence-corrected chi connectivity index (χ3v) is 6.64. The molecule has 9 heteroatoms. The number of carbonyl (C=O) groups is 1. The van der Waals surface area contributed by atoms with E-state index in [9.17, 15) is 17.6 Å². The number of ether oxygens (including phenoxy) is 2. The van der Waals surface area contributed by atoms with E-state index in [0.29, 0.717) is 12.2 Å². The number of hydrogen-bond donors (Lipinski definition) is 2. The number of nitrogens with one attached hydrogen (secondary N) is 2. The smallest absolute Gasteiger partial charge is 0.251 e. The molecular formula is C25H27FN2O5S. The van der Waals surface area contributed by atoms with Gasteiger partial charge in [0.05, 0.1) is 24.7 Å². The summed E-state index contributed by atoms with van der Waals surface area (Å²) < 4.78 is 50.9. The normalized spacial score (nSPS) is 12.2. The molecule has 0 aliphatic rings. The SMILES string of the molecule is COCCNS(=O)(=O)c1cccc(C(=O)NC(Cc2ccc(F)cc2)c2ccc(OC)cc2)c1. The highest BCUT2D eigenvalue weighted by atomic mass is 32.2. The first-order chi connectivity index (χ1) is 16.3. The van der Waals surface area contributed by atoms with Gasteiger partial charge in [0.2, 0.25) is 10.0 Å². The molecule has 0 aliphatic carbocycles. The van der Waals surface area contributed by atoms with Crippen LogP contribution in [0.15, 0.2) is 77.7 Å². The molecule has 0 saturated carbocycles. The second-order valence-corrected chi connectivity index (χ2v) is 9.32. The Balaban J connectivity index is 1.84. The quantitative estimate of drug-likeness (QED) is 0.405. The van der Waals surface area contributed by atoms with Crippen molar-refractivity contribution in [1.29, 1.82) is 0 Å². The Morgan fingerprint density at radius 3 is 2.35 bits per heavy atom. The molecule has 3 aromatic rings. The molecule has 0 fully saturated rings. The highest BCUT2D eigenvalue weighted by molar-refractivity contribution is 7.89. The van der Waals surface area contributed by atoms with Crippen molar-refractivity contribution in [3.8, 4) is 5.75 Å². The van der Waals surface area contributed by atoms with Gasteiger partial charge in [0.25, 0.3) is 5.91 Å². The van der Waals surface area contributed by atoms with Crippen LogP contribution >= 0.6 is 0 Å². The van der Waals surface area contributed by atoms with E-state index < -0.39 is 22.0 Å². The first kappa shape index (κ1) is 25.4. The summed E-state index contributed by atoms with van der Waals surface area (Å²) in [7, 11) is -0.745. The number of amides is 1. The summed E-state index contributed by atoms with van der Waals surface area (Å²) in [5, 5.41) is 2.97. The molecule has 0 saturated heterocycles. The lowest BCUT2D eigenvalue weighted by molar-refractivity contribution is 0.0936. The fraction of sp³-hybridized carbons (Fsp3) is 0.240. The summed E-state index contributed by atoms with van der Waals surface area (Å²) in [6.07, 6.45) is 0.412. The molecule has 180 valence electrons. The highest BCUT2D eigenvalue weighted by Crippen LogP contribution is 2.23. The summed E-state index contributed by atoms with van der Waals surface area (Å²) in [5.74, 6) is -0.0997. The predicted molar refractivity (Wildman–Crippen MR) is 127 cm³/mol. The summed E-state index contributed by atoms with van der Waals surface area (Å²) in [5.41, 5.74) is 1.86. The zero-order chi connectivity index (χ0) is 24.6. The standard InChI is InChI=1S/C25H27FN2O5S/c1-32-15-14-27-34(30,31)23-5-3-4-20(17-23)25(29)28-24(16-18-6-10-21(26)11-7-18)19-8-12-22(33-2)13-9-19/h3-13,17,24,27H,14-16H2,1-2H3,(H,28,29). The van der Waals surface area contributed by atoms with Crippen LogP contribution in [0.25, 0.3) is 0 Å². The average molecular weight is 487 g/mol. The van der Waals surface area contributed by atoms with Crippen molar-refractivity contribution in [2.75, 3.05) is 27.4 Å². The van der Waals surface area contributed by atoms with Gasteiger partial charge in [-0.05, 0) is 60.0 Å². The van der Waals surface area contributed by atoms with Crippen molar-refractivity contribution in [2.24, 2.45) is 0 Å². The summed E-state index contributed by atoms with van der Waals surface area (Å²) in [6.45, 7) is 0.346. The fourth-order valence-electron chi connectivity index (χ4n) is 3.35. The molecule has 0 aromatic heterocycles. The Kier molecular flexibility index (Phi) is 8.75. The van der Waals surface area contributed by atoms with E-state index in [2.05, 4.69) is 10.0 Å². The predicted octanol–water partition coefficient (Wildman–Crippen LogP) is 3.47. The van der Waals surface area contributed by atoms with E-state index in [4.69, 9.17) is 9.47 Å². The number of carbonyl (C=O) groups excluding carboxylic acids is 1. The van der Waals surface area contributed by atoms with Crippen LogP contribution in [0.5, 0.6) is 5.75 Å². The minimum atomic E-state index is -3.79. The van der Waals surface area contributed by atoms with Gasteiger partial charge in [0.15, 0.2) is 0 Å². The molecule has 34 heavy (non-hydrogen) atoms. The first-order valence-corrected chi connectivity index (χ1v) is 12.1. The maximum absolute atomic E-state index is 13.3. The van der Waals surface area contributed by atoms with Gasteiger partial charge in [-0.25, -0.2) is 17.5 Å². The number of methoxy groups -OCH3 is 2. The van der Waals surface area contributed by atoms with Crippen LogP contribution in [0.2, 0.25) is 0 Å². The van der Waals surface area contributed by atoms with Crippen molar-refractivity contribution >= 4 is 15.9 Å². The lowest BCUT2D eigenvalue weighted by Gasteiger charge is -2.20. The molecule has 2 N–H and O–H groups in total. The van der Waals surface area contributed by atoms with Crippen LogP contribution in [0, 0.1) is 5.82 Å². The van der Waals surface area contributed by atoms with Crippen molar-refractivity contribution in [1.82, 2.24) is 10.0 Å². The number of halogens is 1. The Labute approximate surface area is 199 Å². The molecule has 0 radical (unpaired) electrons. The molecule has 3 rings (SSSR count). The summed E-state index contributed by atoms with van der Waals surface area (Å²) in [6, 6.07) is 18.7. The molecule has 1 unspecified atom stereocenters. The minimum Gasteiger partial charge on any atom is -0.497 e.